The molecule has 1 aromatic carbocycles. The van der Waals surface area contributed by atoms with Gasteiger partial charge in [-0.2, -0.15) is 0 Å². The molecule has 92 valence electrons. The third kappa shape index (κ3) is 1.76. The number of hydrogen-bond donors (Lipinski definition) is 1. The molecule has 3 heteroatoms. The monoisotopic (exact) mass is 239 g/mol. The van der Waals surface area contributed by atoms with Crippen molar-refractivity contribution in [2.75, 3.05) is 5.73 Å². The number of rotatable bonds is 3. The molecule has 1 aliphatic rings. The summed E-state index contributed by atoms with van der Waals surface area (Å²) in [4.78, 5) is 9.13. The highest BCUT2D eigenvalue weighted by molar-refractivity contribution is 5.42. The van der Waals surface area contributed by atoms with Crippen molar-refractivity contribution >= 4 is 5.82 Å². The molecule has 0 atom stereocenters. The quantitative estimate of drug-likeness (QED) is 0.896. The van der Waals surface area contributed by atoms with Gasteiger partial charge in [-0.3, -0.25) is 0 Å². The highest BCUT2D eigenvalue weighted by Gasteiger charge is 2.48. The molecule has 18 heavy (non-hydrogen) atoms. The van der Waals surface area contributed by atoms with E-state index < -0.39 is 0 Å². The van der Waals surface area contributed by atoms with E-state index in [0.29, 0.717) is 5.82 Å². The van der Waals surface area contributed by atoms with Crippen molar-refractivity contribution in [3.8, 4) is 0 Å². The zero-order chi connectivity index (χ0) is 12.6. The van der Waals surface area contributed by atoms with Crippen LogP contribution >= 0.6 is 0 Å². The average molecular weight is 239 g/mol. The second-order valence-corrected chi connectivity index (χ2v) is 4.91. The summed E-state index contributed by atoms with van der Waals surface area (Å²) in [5.41, 5.74) is 8.23. The van der Waals surface area contributed by atoms with Crippen LogP contribution in [0.4, 0.5) is 5.82 Å². The van der Waals surface area contributed by atoms with Gasteiger partial charge in [0, 0.05) is 11.8 Å². The van der Waals surface area contributed by atoms with E-state index in [1.165, 1.54) is 5.56 Å². The minimum Gasteiger partial charge on any atom is -0.384 e. The smallest absolute Gasteiger partial charge is 0.141 e. The van der Waals surface area contributed by atoms with Crippen molar-refractivity contribution in [2.24, 2.45) is 0 Å². The maximum Gasteiger partial charge on any atom is 0.141 e. The lowest BCUT2D eigenvalue weighted by Gasteiger charge is -2.15. The number of benzene rings is 1. The van der Waals surface area contributed by atoms with E-state index in [0.717, 1.165) is 30.8 Å². The second-order valence-electron chi connectivity index (χ2n) is 4.91. The summed E-state index contributed by atoms with van der Waals surface area (Å²) in [5, 5.41) is 0. The molecule has 1 aliphatic carbocycles. The third-order valence-corrected chi connectivity index (χ3v) is 3.67. The number of nitrogen functional groups attached to an aromatic ring is 1. The Labute approximate surface area is 107 Å². The van der Waals surface area contributed by atoms with Gasteiger partial charge in [0.05, 0.1) is 5.41 Å². The normalized spacial score (nSPS) is 16.5. The van der Waals surface area contributed by atoms with Crippen LogP contribution in [0.2, 0.25) is 0 Å². The van der Waals surface area contributed by atoms with Crippen LogP contribution in [-0.4, -0.2) is 9.97 Å². The first-order valence-corrected chi connectivity index (χ1v) is 6.44. The molecule has 2 aromatic rings. The number of hydrogen-bond acceptors (Lipinski definition) is 3. The largest absolute Gasteiger partial charge is 0.384 e. The Morgan fingerprint density at radius 1 is 1.17 bits per heavy atom. The molecule has 1 heterocycles. The lowest BCUT2D eigenvalue weighted by molar-refractivity contribution is 0.743. The summed E-state index contributed by atoms with van der Waals surface area (Å²) in [6.07, 6.45) is 3.12. The second kappa shape index (κ2) is 4.09. The first-order chi connectivity index (χ1) is 8.74. The fraction of sp³-hybridized carbons (Fsp3) is 0.333. The summed E-state index contributed by atoms with van der Waals surface area (Å²) < 4.78 is 0. The third-order valence-electron chi connectivity index (χ3n) is 3.67. The topological polar surface area (TPSA) is 51.8 Å². The minimum atomic E-state index is 0.0144. The van der Waals surface area contributed by atoms with Gasteiger partial charge in [-0.05, 0) is 24.8 Å². The molecule has 0 radical (unpaired) electrons. The van der Waals surface area contributed by atoms with Gasteiger partial charge in [-0.1, -0.05) is 37.3 Å². The Morgan fingerprint density at radius 2 is 1.89 bits per heavy atom. The van der Waals surface area contributed by atoms with E-state index in [1.54, 1.807) is 0 Å². The first kappa shape index (κ1) is 11.2. The summed E-state index contributed by atoms with van der Waals surface area (Å²) in [7, 11) is 0. The maximum atomic E-state index is 5.89. The summed E-state index contributed by atoms with van der Waals surface area (Å²) >= 11 is 0. The SMILES string of the molecule is CCc1cc(N)nc(C2(c3ccccc3)CC2)n1. The molecule has 0 amide bonds. The van der Waals surface area contributed by atoms with Crippen molar-refractivity contribution in [3.63, 3.8) is 0 Å². The van der Waals surface area contributed by atoms with Crippen molar-refractivity contribution in [2.45, 2.75) is 31.6 Å². The Hall–Kier alpha value is -1.90. The molecule has 0 aliphatic heterocycles. The maximum absolute atomic E-state index is 5.89. The fourth-order valence-electron chi connectivity index (χ4n) is 2.44. The molecule has 1 saturated carbocycles. The molecule has 0 spiro atoms. The molecule has 0 unspecified atom stereocenters. The standard InChI is InChI=1S/C15H17N3/c1-2-12-10-13(16)18-14(17-12)15(8-9-15)11-6-4-3-5-7-11/h3-7,10H,2,8-9H2,1H3,(H2,16,17,18). The Bertz CT molecular complexity index is 559. The van der Waals surface area contributed by atoms with Crippen molar-refractivity contribution in [1.82, 2.24) is 9.97 Å². The average Bonchev–Trinajstić information content (AvgIpc) is 3.20. The van der Waals surface area contributed by atoms with Gasteiger partial charge in [0.1, 0.15) is 11.6 Å². The van der Waals surface area contributed by atoms with Gasteiger partial charge in [0.15, 0.2) is 0 Å². The van der Waals surface area contributed by atoms with Gasteiger partial charge in [-0.25, -0.2) is 9.97 Å². The Kier molecular flexibility index (Phi) is 2.54. The van der Waals surface area contributed by atoms with Crippen LogP contribution in [0.5, 0.6) is 0 Å². The van der Waals surface area contributed by atoms with Crippen LogP contribution in [0.1, 0.15) is 36.8 Å². The predicted octanol–water partition coefficient (Wildman–Crippen LogP) is 2.70. The highest BCUT2D eigenvalue weighted by atomic mass is 15.0. The van der Waals surface area contributed by atoms with Gasteiger partial charge >= 0.3 is 0 Å². The molecule has 1 aromatic heterocycles. The predicted molar refractivity (Wildman–Crippen MR) is 72.3 cm³/mol. The molecule has 3 nitrogen and oxygen atoms in total. The van der Waals surface area contributed by atoms with Crippen molar-refractivity contribution < 1.29 is 0 Å². The van der Waals surface area contributed by atoms with E-state index in [1.807, 2.05) is 12.1 Å². The molecule has 2 N–H and O–H groups in total. The number of nitrogens with two attached hydrogens (primary N) is 1. The zero-order valence-corrected chi connectivity index (χ0v) is 10.6. The number of aromatic nitrogens is 2. The van der Waals surface area contributed by atoms with Crippen molar-refractivity contribution in [1.29, 1.82) is 0 Å². The van der Waals surface area contributed by atoms with Gasteiger partial charge in [-0.15, -0.1) is 0 Å². The van der Waals surface area contributed by atoms with E-state index in [-0.39, 0.29) is 5.41 Å². The zero-order valence-electron chi connectivity index (χ0n) is 10.6. The van der Waals surface area contributed by atoms with Crippen LogP contribution in [0.15, 0.2) is 36.4 Å². The van der Waals surface area contributed by atoms with E-state index in [4.69, 9.17) is 5.73 Å². The highest BCUT2D eigenvalue weighted by Crippen LogP contribution is 2.52. The number of aryl methyl sites for hydroxylation is 1. The molecule has 0 saturated heterocycles. The van der Waals surface area contributed by atoms with Crippen LogP contribution in [-0.2, 0) is 11.8 Å². The van der Waals surface area contributed by atoms with Crippen LogP contribution in [0.25, 0.3) is 0 Å². The van der Waals surface area contributed by atoms with Gasteiger partial charge < -0.3 is 5.73 Å². The summed E-state index contributed by atoms with van der Waals surface area (Å²) in [5.74, 6) is 1.48. The van der Waals surface area contributed by atoms with Gasteiger partial charge in [0.2, 0.25) is 0 Å². The number of anilines is 1. The van der Waals surface area contributed by atoms with E-state index in [2.05, 4.69) is 41.2 Å². The Morgan fingerprint density at radius 3 is 2.50 bits per heavy atom. The van der Waals surface area contributed by atoms with Crippen LogP contribution in [0, 0.1) is 0 Å². The first-order valence-electron chi connectivity index (χ1n) is 6.44. The number of nitrogens with zero attached hydrogens (tertiary/aromatic N) is 2. The molecule has 0 bridgehead atoms. The lowest BCUT2D eigenvalue weighted by atomic mass is 9.95. The van der Waals surface area contributed by atoms with Crippen LogP contribution < -0.4 is 5.73 Å². The van der Waals surface area contributed by atoms with E-state index in [9.17, 15) is 0 Å². The van der Waals surface area contributed by atoms with Gasteiger partial charge in [0.25, 0.3) is 0 Å². The molecular formula is C15H17N3. The lowest BCUT2D eigenvalue weighted by Crippen LogP contribution is -2.15. The molecule has 3 rings (SSSR count). The van der Waals surface area contributed by atoms with Crippen LogP contribution in [0.3, 0.4) is 0 Å². The van der Waals surface area contributed by atoms with E-state index >= 15 is 0 Å². The minimum absolute atomic E-state index is 0.0144. The van der Waals surface area contributed by atoms with Crippen molar-refractivity contribution in [3.05, 3.63) is 53.5 Å². The Balaban J connectivity index is 2.07. The molecular weight excluding hydrogens is 222 g/mol. The summed E-state index contributed by atoms with van der Waals surface area (Å²) in [6, 6.07) is 12.4. The summed E-state index contributed by atoms with van der Waals surface area (Å²) in [6.45, 7) is 2.09. The molecule has 1 fully saturated rings. The fourth-order valence-corrected chi connectivity index (χ4v) is 2.44.